The summed E-state index contributed by atoms with van der Waals surface area (Å²) >= 11 is 0. The Morgan fingerprint density at radius 3 is 2.77 bits per heavy atom. The lowest BCUT2D eigenvalue weighted by atomic mass is 10.2. The second-order valence-corrected chi connectivity index (χ2v) is 4.82. The summed E-state index contributed by atoms with van der Waals surface area (Å²) in [6.07, 6.45) is 12.6. The average Bonchev–Trinajstić information content (AvgIpc) is 3.24. The lowest BCUT2D eigenvalue weighted by molar-refractivity contribution is -0.121. The Morgan fingerprint density at radius 1 is 1.14 bits per heavy atom. The summed E-state index contributed by atoms with van der Waals surface area (Å²) in [6.45, 7) is 1.11. The first-order chi connectivity index (χ1) is 10.8. The number of carbonyl (C=O) groups excluding carboxylic acids is 1. The van der Waals surface area contributed by atoms with E-state index in [1.54, 1.807) is 31.2 Å². The minimum absolute atomic E-state index is 0.00898. The lowest BCUT2D eigenvalue weighted by Crippen LogP contribution is -2.23. The minimum Gasteiger partial charge on any atom is -0.352 e. The fourth-order valence-electron chi connectivity index (χ4n) is 2.05. The van der Waals surface area contributed by atoms with E-state index >= 15 is 0 Å². The van der Waals surface area contributed by atoms with Gasteiger partial charge in [0, 0.05) is 50.5 Å². The van der Waals surface area contributed by atoms with Gasteiger partial charge in [-0.2, -0.15) is 0 Å². The molecule has 3 heterocycles. The van der Waals surface area contributed by atoms with Crippen molar-refractivity contribution < 1.29 is 4.79 Å². The van der Waals surface area contributed by atoms with Gasteiger partial charge in [-0.25, -0.2) is 15.0 Å². The van der Waals surface area contributed by atoms with Gasteiger partial charge in [-0.1, -0.05) is 0 Å². The average molecular weight is 296 g/mol. The summed E-state index contributed by atoms with van der Waals surface area (Å²) in [4.78, 5) is 24.1. The minimum atomic E-state index is 0.00898. The van der Waals surface area contributed by atoms with E-state index in [2.05, 4.69) is 20.3 Å². The summed E-state index contributed by atoms with van der Waals surface area (Å²) in [5.41, 5.74) is 0.995. The Labute approximate surface area is 127 Å². The van der Waals surface area contributed by atoms with Crippen molar-refractivity contribution in [1.29, 1.82) is 0 Å². The summed E-state index contributed by atoms with van der Waals surface area (Å²) in [7, 11) is 0. The van der Waals surface area contributed by atoms with Crippen LogP contribution in [-0.2, 0) is 17.9 Å². The number of pyridine rings is 1. The molecule has 3 aromatic heterocycles. The van der Waals surface area contributed by atoms with Crippen molar-refractivity contribution in [3.8, 4) is 5.82 Å². The molecular weight excluding hydrogens is 280 g/mol. The number of carbonyl (C=O) groups is 1. The molecule has 3 rings (SSSR count). The monoisotopic (exact) mass is 296 g/mol. The predicted octanol–water partition coefficient (Wildman–Crippen LogP) is 1.17. The SMILES string of the molecule is O=C(CCn1ccnc1)NCc1ccnc(-n2ccnc2)c1. The van der Waals surface area contributed by atoms with E-state index < -0.39 is 0 Å². The van der Waals surface area contributed by atoms with Crippen LogP contribution >= 0.6 is 0 Å². The number of hydrogen-bond donors (Lipinski definition) is 1. The van der Waals surface area contributed by atoms with Gasteiger partial charge in [0.1, 0.15) is 12.1 Å². The van der Waals surface area contributed by atoms with Gasteiger partial charge in [0.15, 0.2) is 0 Å². The van der Waals surface area contributed by atoms with E-state index in [1.807, 2.05) is 33.7 Å². The molecular formula is C15H16N6O. The summed E-state index contributed by atoms with van der Waals surface area (Å²) in [5, 5.41) is 2.91. The van der Waals surface area contributed by atoms with Crippen LogP contribution in [0.3, 0.4) is 0 Å². The van der Waals surface area contributed by atoms with E-state index in [4.69, 9.17) is 0 Å². The third-order valence-corrected chi connectivity index (χ3v) is 3.22. The van der Waals surface area contributed by atoms with Gasteiger partial charge in [-0.05, 0) is 17.7 Å². The van der Waals surface area contributed by atoms with Crippen molar-refractivity contribution in [2.24, 2.45) is 0 Å². The van der Waals surface area contributed by atoms with Gasteiger partial charge in [-0.15, -0.1) is 0 Å². The molecule has 0 aliphatic carbocycles. The molecule has 0 aliphatic heterocycles. The standard InChI is InChI=1S/C15H16N6O/c22-15(2-6-20-7-4-16-11-20)19-10-13-1-3-18-14(9-13)21-8-5-17-12-21/h1,3-5,7-9,11-12H,2,6,10H2,(H,19,22). The number of hydrogen-bond acceptors (Lipinski definition) is 4. The Kier molecular flexibility index (Phi) is 4.24. The van der Waals surface area contributed by atoms with Crippen LogP contribution in [0.5, 0.6) is 0 Å². The van der Waals surface area contributed by atoms with Gasteiger partial charge in [0.05, 0.1) is 6.33 Å². The molecule has 0 aliphatic rings. The Bertz CT molecular complexity index is 720. The van der Waals surface area contributed by atoms with Crippen LogP contribution < -0.4 is 5.32 Å². The quantitative estimate of drug-likeness (QED) is 0.740. The lowest BCUT2D eigenvalue weighted by Gasteiger charge is -2.07. The third kappa shape index (κ3) is 3.57. The van der Waals surface area contributed by atoms with Crippen molar-refractivity contribution in [1.82, 2.24) is 29.4 Å². The molecule has 0 fully saturated rings. The highest BCUT2D eigenvalue weighted by atomic mass is 16.1. The molecule has 0 spiro atoms. The fraction of sp³-hybridized carbons (Fsp3) is 0.200. The highest BCUT2D eigenvalue weighted by Crippen LogP contribution is 2.06. The molecule has 0 atom stereocenters. The second kappa shape index (κ2) is 6.66. The van der Waals surface area contributed by atoms with E-state index in [9.17, 15) is 4.79 Å². The highest BCUT2D eigenvalue weighted by molar-refractivity contribution is 5.75. The topological polar surface area (TPSA) is 77.6 Å². The molecule has 1 amide bonds. The largest absolute Gasteiger partial charge is 0.352 e. The first-order valence-electron chi connectivity index (χ1n) is 6.97. The van der Waals surface area contributed by atoms with Gasteiger partial charge < -0.3 is 9.88 Å². The van der Waals surface area contributed by atoms with Crippen LogP contribution in [0.4, 0.5) is 0 Å². The van der Waals surface area contributed by atoms with E-state index in [0.717, 1.165) is 11.4 Å². The maximum Gasteiger partial charge on any atom is 0.222 e. The van der Waals surface area contributed by atoms with Crippen LogP contribution in [-0.4, -0.2) is 30.0 Å². The number of imidazole rings is 2. The highest BCUT2D eigenvalue weighted by Gasteiger charge is 2.03. The zero-order valence-electron chi connectivity index (χ0n) is 12.0. The van der Waals surface area contributed by atoms with Crippen molar-refractivity contribution >= 4 is 5.91 Å². The van der Waals surface area contributed by atoms with Crippen molar-refractivity contribution in [3.63, 3.8) is 0 Å². The van der Waals surface area contributed by atoms with Crippen LogP contribution in [0.25, 0.3) is 5.82 Å². The predicted molar refractivity (Wildman–Crippen MR) is 80.0 cm³/mol. The van der Waals surface area contributed by atoms with Gasteiger partial charge in [-0.3, -0.25) is 9.36 Å². The number of aromatic nitrogens is 5. The van der Waals surface area contributed by atoms with Crippen LogP contribution in [0.1, 0.15) is 12.0 Å². The molecule has 0 radical (unpaired) electrons. The van der Waals surface area contributed by atoms with Crippen LogP contribution in [0.2, 0.25) is 0 Å². The molecule has 0 saturated carbocycles. The summed E-state index contributed by atoms with van der Waals surface area (Å²) in [5.74, 6) is 0.789. The molecule has 112 valence electrons. The molecule has 0 aromatic carbocycles. The van der Waals surface area contributed by atoms with E-state index in [-0.39, 0.29) is 5.91 Å². The van der Waals surface area contributed by atoms with Gasteiger partial charge >= 0.3 is 0 Å². The molecule has 0 unspecified atom stereocenters. The smallest absolute Gasteiger partial charge is 0.222 e. The van der Waals surface area contributed by atoms with Crippen molar-refractivity contribution in [3.05, 3.63) is 61.3 Å². The zero-order chi connectivity index (χ0) is 15.2. The number of rotatable bonds is 6. The van der Waals surface area contributed by atoms with Crippen molar-refractivity contribution in [2.75, 3.05) is 0 Å². The van der Waals surface area contributed by atoms with Crippen LogP contribution in [0.15, 0.2) is 55.8 Å². The fourth-order valence-corrected chi connectivity index (χ4v) is 2.05. The summed E-state index contributed by atoms with van der Waals surface area (Å²) in [6, 6.07) is 3.81. The molecule has 7 nitrogen and oxygen atoms in total. The first kappa shape index (κ1) is 14.0. The van der Waals surface area contributed by atoms with E-state index in [0.29, 0.717) is 19.5 Å². The molecule has 1 N–H and O–H groups in total. The van der Waals surface area contributed by atoms with Gasteiger partial charge in [0.2, 0.25) is 5.91 Å². The number of amides is 1. The maximum absolute atomic E-state index is 11.8. The van der Waals surface area contributed by atoms with Gasteiger partial charge in [0.25, 0.3) is 0 Å². The molecule has 0 bridgehead atoms. The molecule has 7 heteroatoms. The Hall–Kier alpha value is -2.96. The first-order valence-corrected chi connectivity index (χ1v) is 6.97. The molecule has 22 heavy (non-hydrogen) atoms. The zero-order valence-corrected chi connectivity index (χ0v) is 12.0. The summed E-state index contributed by atoms with van der Waals surface area (Å²) < 4.78 is 3.70. The maximum atomic E-state index is 11.8. The Morgan fingerprint density at radius 2 is 2.00 bits per heavy atom. The van der Waals surface area contributed by atoms with E-state index in [1.165, 1.54) is 0 Å². The number of aryl methyl sites for hydroxylation is 1. The Balaban J connectivity index is 1.53. The third-order valence-electron chi connectivity index (χ3n) is 3.22. The number of nitrogens with one attached hydrogen (secondary N) is 1. The second-order valence-electron chi connectivity index (χ2n) is 4.82. The van der Waals surface area contributed by atoms with Crippen LogP contribution in [0, 0.1) is 0 Å². The van der Waals surface area contributed by atoms with Crippen molar-refractivity contribution in [2.45, 2.75) is 19.5 Å². The normalized spacial score (nSPS) is 10.5. The number of nitrogens with zero attached hydrogens (tertiary/aromatic N) is 5. The molecule has 0 saturated heterocycles. The molecule has 3 aromatic rings.